The summed E-state index contributed by atoms with van der Waals surface area (Å²) in [7, 11) is 0. The first kappa shape index (κ1) is 15.0. The lowest BCUT2D eigenvalue weighted by Gasteiger charge is -2.18. The molecular formula is C16H22FNO2. The second kappa shape index (κ2) is 7.39. The van der Waals surface area contributed by atoms with Crippen molar-refractivity contribution in [3.05, 3.63) is 35.6 Å². The number of nitrogens with one attached hydrogen (secondary N) is 1. The van der Waals surface area contributed by atoms with Gasteiger partial charge in [0, 0.05) is 13.0 Å². The number of aliphatic hydroxyl groups excluding tert-OH is 1. The number of benzene rings is 1. The molecule has 1 atom stereocenters. The second-order valence-corrected chi connectivity index (χ2v) is 5.54. The zero-order chi connectivity index (χ0) is 14.4. The van der Waals surface area contributed by atoms with Gasteiger partial charge >= 0.3 is 0 Å². The topological polar surface area (TPSA) is 49.3 Å². The van der Waals surface area contributed by atoms with E-state index in [-0.39, 0.29) is 11.7 Å². The Hall–Kier alpha value is -1.42. The molecule has 0 radical (unpaired) electrons. The summed E-state index contributed by atoms with van der Waals surface area (Å²) in [5.74, 6) is 0.0108. The van der Waals surface area contributed by atoms with Crippen molar-refractivity contribution in [2.45, 2.75) is 44.6 Å². The van der Waals surface area contributed by atoms with E-state index in [1.54, 1.807) is 12.1 Å². The summed E-state index contributed by atoms with van der Waals surface area (Å²) in [6.07, 6.45) is 5.02. The van der Waals surface area contributed by atoms with Crippen LogP contribution in [-0.2, 0) is 11.2 Å². The third kappa shape index (κ3) is 4.60. The first-order chi connectivity index (χ1) is 9.65. The maximum Gasteiger partial charge on any atom is 0.220 e. The summed E-state index contributed by atoms with van der Waals surface area (Å²) >= 11 is 0. The molecule has 110 valence electrons. The zero-order valence-corrected chi connectivity index (χ0v) is 11.6. The quantitative estimate of drug-likeness (QED) is 0.840. The second-order valence-electron chi connectivity index (χ2n) is 5.54. The minimum Gasteiger partial charge on any atom is -0.391 e. The number of halogens is 1. The first-order valence-corrected chi connectivity index (χ1v) is 7.34. The SMILES string of the molecule is O=C(CCc1ccc(F)cc1)NCC(O)C1CCCC1. The smallest absolute Gasteiger partial charge is 0.220 e. The molecule has 1 fully saturated rings. The molecule has 1 aromatic carbocycles. The highest BCUT2D eigenvalue weighted by atomic mass is 19.1. The third-order valence-corrected chi connectivity index (χ3v) is 4.01. The largest absolute Gasteiger partial charge is 0.391 e. The molecule has 3 nitrogen and oxygen atoms in total. The molecule has 0 saturated heterocycles. The fourth-order valence-corrected chi connectivity index (χ4v) is 2.72. The molecule has 0 spiro atoms. The van der Waals surface area contributed by atoms with Gasteiger partial charge in [-0.25, -0.2) is 4.39 Å². The lowest BCUT2D eigenvalue weighted by molar-refractivity contribution is -0.121. The number of aliphatic hydroxyl groups is 1. The lowest BCUT2D eigenvalue weighted by Crippen LogP contribution is -2.35. The molecule has 1 saturated carbocycles. The van der Waals surface area contributed by atoms with E-state index in [1.807, 2.05) is 0 Å². The van der Waals surface area contributed by atoms with Crippen LogP contribution in [0.5, 0.6) is 0 Å². The van der Waals surface area contributed by atoms with Crippen LogP contribution >= 0.6 is 0 Å². The van der Waals surface area contributed by atoms with Gasteiger partial charge in [0.25, 0.3) is 0 Å². The molecule has 2 rings (SSSR count). The average molecular weight is 279 g/mol. The number of hydrogen-bond acceptors (Lipinski definition) is 2. The molecule has 1 aromatic rings. The van der Waals surface area contributed by atoms with E-state index in [2.05, 4.69) is 5.32 Å². The molecule has 1 unspecified atom stereocenters. The summed E-state index contributed by atoms with van der Waals surface area (Å²) in [4.78, 5) is 11.7. The highest BCUT2D eigenvalue weighted by Crippen LogP contribution is 2.27. The molecule has 0 aromatic heterocycles. The van der Waals surface area contributed by atoms with Crippen LogP contribution in [0.4, 0.5) is 4.39 Å². The van der Waals surface area contributed by atoms with Gasteiger partial charge < -0.3 is 10.4 Å². The van der Waals surface area contributed by atoms with Crippen LogP contribution in [0.25, 0.3) is 0 Å². The average Bonchev–Trinajstić information content (AvgIpc) is 2.98. The van der Waals surface area contributed by atoms with E-state index in [9.17, 15) is 14.3 Å². The van der Waals surface area contributed by atoms with Crippen molar-refractivity contribution in [2.24, 2.45) is 5.92 Å². The van der Waals surface area contributed by atoms with E-state index >= 15 is 0 Å². The van der Waals surface area contributed by atoms with Crippen molar-refractivity contribution < 1.29 is 14.3 Å². The first-order valence-electron chi connectivity index (χ1n) is 7.34. The molecule has 20 heavy (non-hydrogen) atoms. The minimum atomic E-state index is -0.424. The Morgan fingerprint density at radius 3 is 2.60 bits per heavy atom. The van der Waals surface area contributed by atoms with Crippen LogP contribution in [0.1, 0.15) is 37.7 Å². The van der Waals surface area contributed by atoms with Crippen molar-refractivity contribution >= 4 is 5.91 Å². The summed E-state index contributed by atoms with van der Waals surface area (Å²) in [6.45, 7) is 0.340. The van der Waals surface area contributed by atoms with Gasteiger partial charge in [-0.15, -0.1) is 0 Å². The van der Waals surface area contributed by atoms with E-state index in [0.29, 0.717) is 25.3 Å². The van der Waals surface area contributed by atoms with E-state index in [1.165, 1.54) is 25.0 Å². The van der Waals surface area contributed by atoms with Crippen LogP contribution < -0.4 is 5.32 Å². The summed E-state index contributed by atoms with van der Waals surface area (Å²) in [6, 6.07) is 6.18. The van der Waals surface area contributed by atoms with Gasteiger partial charge in [-0.2, -0.15) is 0 Å². The molecule has 0 aliphatic heterocycles. The summed E-state index contributed by atoms with van der Waals surface area (Å²) in [5.41, 5.74) is 0.942. The number of amides is 1. The molecule has 4 heteroatoms. The summed E-state index contributed by atoms with van der Waals surface area (Å²) < 4.78 is 12.7. The van der Waals surface area contributed by atoms with Crippen LogP contribution in [0.15, 0.2) is 24.3 Å². The number of aryl methyl sites for hydroxylation is 1. The van der Waals surface area contributed by atoms with Crippen LogP contribution in [-0.4, -0.2) is 23.7 Å². The van der Waals surface area contributed by atoms with E-state index < -0.39 is 6.10 Å². The molecular weight excluding hydrogens is 257 g/mol. The maximum atomic E-state index is 12.7. The fraction of sp³-hybridized carbons (Fsp3) is 0.562. The van der Waals surface area contributed by atoms with Gasteiger partial charge in [-0.3, -0.25) is 4.79 Å². The van der Waals surface area contributed by atoms with Crippen molar-refractivity contribution in [3.63, 3.8) is 0 Å². The highest BCUT2D eigenvalue weighted by Gasteiger charge is 2.23. The van der Waals surface area contributed by atoms with Gasteiger partial charge in [0.1, 0.15) is 5.82 Å². The monoisotopic (exact) mass is 279 g/mol. The number of rotatable bonds is 6. The van der Waals surface area contributed by atoms with Gasteiger partial charge in [-0.05, 0) is 42.9 Å². The Balaban J connectivity index is 1.66. The minimum absolute atomic E-state index is 0.0635. The van der Waals surface area contributed by atoms with Crippen molar-refractivity contribution in [2.75, 3.05) is 6.54 Å². The Bertz CT molecular complexity index is 427. The highest BCUT2D eigenvalue weighted by molar-refractivity contribution is 5.76. The van der Waals surface area contributed by atoms with Crippen LogP contribution in [0.2, 0.25) is 0 Å². The third-order valence-electron chi connectivity index (χ3n) is 4.01. The Labute approximate surface area is 119 Å². The molecule has 1 aliphatic carbocycles. The van der Waals surface area contributed by atoms with Crippen LogP contribution in [0.3, 0.4) is 0 Å². The van der Waals surface area contributed by atoms with E-state index in [4.69, 9.17) is 0 Å². The molecule has 0 bridgehead atoms. The standard InChI is InChI=1S/C16H22FNO2/c17-14-8-5-12(6-9-14)7-10-16(20)18-11-15(19)13-3-1-2-4-13/h5-6,8-9,13,15,19H,1-4,7,10-11H2,(H,18,20). The molecule has 0 heterocycles. The van der Waals surface area contributed by atoms with Gasteiger partial charge in [0.2, 0.25) is 5.91 Å². The molecule has 1 amide bonds. The van der Waals surface area contributed by atoms with E-state index in [0.717, 1.165) is 18.4 Å². The van der Waals surface area contributed by atoms with Crippen molar-refractivity contribution in [1.82, 2.24) is 5.32 Å². The fourth-order valence-electron chi connectivity index (χ4n) is 2.72. The summed E-state index contributed by atoms with van der Waals surface area (Å²) in [5, 5.41) is 12.7. The molecule has 2 N–H and O–H groups in total. The van der Waals surface area contributed by atoms with Crippen LogP contribution in [0, 0.1) is 11.7 Å². The van der Waals surface area contributed by atoms with Gasteiger partial charge in [-0.1, -0.05) is 25.0 Å². The zero-order valence-electron chi connectivity index (χ0n) is 11.6. The Morgan fingerprint density at radius 2 is 1.95 bits per heavy atom. The lowest BCUT2D eigenvalue weighted by atomic mass is 10.0. The van der Waals surface area contributed by atoms with Gasteiger partial charge in [0.05, 0.1) is 6.10 Å². The molecule has 1 aliphatic rings. The number of carbonyl (C=O) groups is 1. The number of hydrogen-bond donors (Lipinski definition) is 2. The Morgan fingerprint density at radius 1 is 1.30 bits per heavy atom. The maximum absolute atomic E-state index is 12.7. The van der Waals surface area contributed by atoms with Crippen molar-refractivity contribution in [1.29, 1.82) is 0 Å². The predicted octanol–water partition coefficient (Wildman–Crippen LogP) is 2.43. The Kier molecular flexibility index (Phi) is 5.53. The predicted molar refractivity (Wildman–Crippen MR) is 75.7 cm³/mol. The normalized spacial score (nSPS) is 17.1. The van der Waals surface area contributed by atoms with Gasteiger partial charge in [0.15, 0.2) is 0 Å². The number of carbonyl (C=O) groups excluding carboxylic acids is 1. The van der Waals surface area contributed by atoms with Crippen molar-refractivity contribution in [3.8, 4) is 0 Å².